The predicted octanol–water partition coefficient (Wildman–Crippen LogP) is 1.01. The topological polar surface area (TPSA) is 68.2 Å². The maximum atomic E-state index is 8.11. The lowest BCUT2D eigenvalue weighted by Gasteiger charge is -1.96. The summed E-state index contributed by atoms with van der Waals surface area (Å²) in [6.45, 7) is 0.193. The largest absolute Gasteiger partial charge is 0.516 e. The number of aliphatic hydroxyl groups excluding tert-OH is 2. The first-order valence-corrected chi connectivity index (χ1v) is 2.91. The molecule has 64 valence electrons. The highest BCUT2D eigenvalue weighted by atomic mass is 17.5. The second kappa shape index (κ2) is 8.96. The SMILES string of the molecule is OC=CCOOOCC=CO. The molecule has 5 nitrogen and oxygen atoms in total. The molecule has 0 aliphatic heterocycles. The molecule has 0 aromatic carbocycles. The van der Waals surface area contributed by atoms with Crippen LogP contribution < -0.4 is 0 Å². The van der Waals surface area contributed by atoms with Gasteiger partial charge in [0.15, 0.2) is 0 Å². The van der Waals surface area contributed by atoms with Gasteiger partial charge in [-0.1, -0.05) is 5.04 Å². The van der Waals surface area contributed by atoms with Crippen molar-refractivity contribution in [2.45, 2.75) is 0 Å². The van der Waals surface area contributed by atoms with Crippen molar-refractivity contribution < 1.29 is 25.0 Å². The minimum absolute atomic E-state index is 0.0966. The molecule has 11 heavy (non-hydrogen) atoms. The molecule has 0 atom stereocenters. The van der Waals surface area contributed by atoms with Crippen molar-refractivity contribution in [1.29, 1.82) is 0 Å². The molecule has 0 aliphatic rings. The van der Waals surface area contributed by atoms with Crippen molar-refractivity contribution in [3.05, 3.63) is 24.7 Å². The van der Waals surface area contributed by atoms with Gasteiger partial charge in [-0.15, -0.1) is 0 Å². The molecule has 2 N–H and O–H groups in total. The molecule has 0 fully saturated rings. The van der Waals surface area contributed by atoms with E-state index in [9.17, 15) is 0 Å². The van der Waals surface area contributed by atoms with Gasteiger partial charge in [0, 0.05) is 0 Å². The van der Waals surface area contributed by atoms with Gasteiger partial charge in [0.1, 0.15) is 13.2 Å². The van der Waals surface area contributed by atoms with Gasteiger partial charge in [-0.25, -0.2) is 9.78 Å². The van der Waals surface area contributed by atoms with Crippen LogP contribution in [0, 0.1) is 0 Å². The van der Waals surface area contributed by atoms with E-state index in [1.54, 1.807) is 0 Å². The lowest BCUT2D eigenvalue weighted by atomic mass is 10.7. The Kier molecular flexibility index (Phi) is 8.11. The zero-order chi connectivity index (χ0) is 8.36. The lowest BCUT2D eigenvalue weighted by Crippen LogP contribution is -1.96. The Morgan fingerprint density at radius 3 is 1.73 bits per heavy atom. The quantitative estimate of drug-likeness (QED) is 0.264. The highest BCUT2D eigenvalue weighted by Crippen LogP contribution is 1.82. The van der Waals surface area contributed by atoms with Gasteiger partial charge < -0.3 is 10.2 Å². The Morgan fingerprint density at radius 1 is 0.909 bits per heavy atom. The third-order valence-electron chi connectivity index (χ3n) is 0.636. The summed E-state index contributed by atoms with van der Waals surface area (Å²) >= 11 is 0. The zero-order valence-corrected chi connectivity index (χ0v) is 5.84. The molecule has 0 aromatic heterocycles. The minimum atomic E-state index is 0.0966. The van der Waals surface area contributed by atoms with Crippen LogP contribution in [0.5, 0.6) is 0 Å². The predicted molar refractivity (Wildman–Crippen MR) is 36.5 cm³/mol. The minimum Gasteiger partial charge on any atom is -0.516 e. The molecule has 0 aliphatic carbocycles. The molecular weight excluding hydrogens is 152 g/mol. The van der Waals surface area contributed by atoms with Crippen LogP contribution in [-0.2, 0) is 14.8 Å². The average molecular weight is 162 g/mol. The second-order valence-electron chi connectivity index (χ2n) is 1.41. The van der Waals surface area contributed by atoms with E-state index in [-0.39, 0.29) is 13.2 Å². The Labute approximate surface area is 64.0 Å². The van der Waals surface area contributed by atoms with E-state index in [0.29, 0.717) is 0 Å². The van der Waals surface area contributed by atoms with Crippen LogP contribution in [0.4, 0.5) is 0 Å². The van der Waals surface area contributed by atoms with Gasteiger partial charge in [-0.2, -0.15) is 0 Å². The van der Waals surface area contributed by atoms with Crippen LogP contribution in [0.3, 0.4) is 0 Å². The number of aliphatic hydroxyl groups is 2. The van der Waals surface area contributed by atoms with Crippen molar-refractivity contribution in [3.63, 3.8) is 0 Å². The van der Waals surface area contributed by atoms with E-state index in [1.165, 1.54) is 12.2 Å². The summed E-state index contributed by atoms with van der Waals surface area (Å²) in [5.41, 5.74) is 0. The maximum Gasteiger partial charge on any atom is 0.107 e. The smallest absolute Gasteiger partial charge is 0.107 e. The van der Waals surface area contributed by atoms with Gasteiger partial charge in [0.25, 0.3) is 0 Å². The normalized spacial score (nSPS) is 11.6. The van der Waals surface area contributed by atoms with E-state index < -0.39 is 0 Å². The Balaban J connectivity index is 2.90. The van der Waals surface area contributed by atoms with Crippen LogP contribution in [0.1, 0.15) is 0 Å². The first kappa shape index (κ1) is 9.96. The molecular formula is C6H10O5. The number of hydrogen-bond acceptors (Lipinski definition) is 5. The summed E-state index contributed by atoms with van der Waals surface area (Å²) in [5, 5.41) is 20.3. The van der Waals surface area contributed by atoms with E-state index in [2.05, 4.69) is 14.8 Å². The van der Waals surface area contributed by atoms with E-state index in [1.807, 2.05) is 0 Å². The van der Waals surface area contributed by atoms with Crippen molar-refractivity contribution in [2.24, 2.45) is 0 Å². The van der Waals surface area contributed by atoms with Crippen LogP contribution in [0.15, 0.2) is 24.7 Å². The summed E-state index contributed by atoms with van der Waals surface area (Å²) in [5.74, 6) is 0. The highest BCUT2D eigenvalue weighted by molar-refractivity contribution is 4.69. The van der Waals surface area contributed by atoms with Crippen LogP contribution in [0.2, 0.25) is 0 Å². The van der Waals surface area contributed by atoms with Gasteiger partial charge >= 0.3 is 0 Å². The Hall–Kier alpha value is -1.04. The third kappa shape index (κ3) is 8.96. The fourth-order valence-corrected chi connectivity index (χ4v) is 0.254. The third-order valence-corrected chi connectivity index (χ3v) is 0.636. The fourth-order valence-electron chi connectivity index (χ4n) is 0.254. The van der Waals surface area contributed by atoms with Gasteiger partial charge in [-0.3, -0.25) is 0 Å². The molecule has 0 spiro atoms. The molecule has 0 unspecified atom stereocenters. The summed E-state index contributed by atoms with van der Waals surface area (Å²) in [6, 6.07) is 0. The average Bonchev–Trinajstić information content (AvgIpc) is 2.03. The van der Waals surface area contributed by atoms with Crippen LogP contribution >= 0.6 is 0 Å². The summed E-state index contributed by atoms with van der Waals surface area (Å²) < 4.78 is 0. The standard InChI is InChI=1S/C6H10O5/c7-3-1-5-9-11-10-6-2-4-8/h1-4,7-8H,5-6H2. The maximum absolute atomic E-state index is 8.11. The molecule has 0 saturated carbocycles. The molecule has 0 rings (SSSR count). The van der Waals surface area contributed by atoms with Gasteiger partial charge in [0.05, 0.1) is 12.5 Å². The second-order valence-corrected chi connectivity index (χ2v) is 1.41. The number of rotatable bonds is 6. The Morgan fingerprint density at radius 2 is 1.36 bits per heavy atom. The summed E-state index contributed by atoms with van der Waals surface area (Å²) in [4.78, 5) is 8.67. The zero-order valence-electron chi connectivity index (χ0n) is 5.84. The van der Waals surface area contributed by atoms with Gasteiger partial charge in [0.2, 0.25) is 0 Å². The molecule has 0 aromatic rings. The number of hydrogen-bond donors (Lipinski definition) is 2. The monoisotopic (exact) mass is 162 g/mol. The molecule has 5 heteroatoms. The molecule has 0 radical (unpaired) electrons. The highest BCUT2D eigenvalue weighted by Gasteiger charge is 1.83. The molecule has 0 heterocycles. The first-order valence-electron chi connectivity index (χ1n) is 2.91. The molecule has 0 saturated heterocycles. The Bertz CT molecular complexity index is 106. The van der Waals surface area contributed by atoms with E-state index in [4.69, 9.17) is 10.2 Å². The van der Waals surface area contributed by atoms with Crippen LogP contribution in [-0.4, -0.2) is 23.4 Å². The fraction of sp³-hybridized carbons (Fsp3) is 0.333. The van der Waals surface area contributed by atoms with Gasteiger partial charge in [-0.05, 0) is 12.2 Å². The molecule has 0 bridgehead atoms. The van der Waals surface area contributed by atoms with E-state index in [0.717, 1.165) is 12.5 Å². The molecule has 0 amide bonds. The van der Waals surface area contributed by atoms with Crippen molar-refractivity contribution in [2.75, 3.05) is 13.2 Å². The van der Waals surface area contributed by atoms with Crippen molar-refractivity contribution >= 4 is 0 Å². The summed E-state index contributed by atoms with van der Waals surface area (Å²) in [7, 11) is 0. The van der Waals surface area contributed by atoms with Crippen LogP contribution in [0.25, 0.3) is 0 Å². The van der Waals surface area contributed by atoms with Crippen molar-refractivity contribution in [3.8, 4) is 0 Å². The van der Waals surface area contributed by atoms with E-state index >= 15 is 0 Å². The first-order chi connectivity index (χ1) is 5.41. The lowest BCUT2D eigenvalue weighted by molar-refractivity contribution is -0.505. The summed E-state index contributed by atoms with van der Waals surface area (Å²) in [6.07, 6.45) is 4.31. The van der Waals surface area contributed by atoms with Crippen molar-refractivity contribution in [1.82, 2.24) is 0 Å².